The fraction of sp³-hybridized carbons (Fsp3) is 0.125. The van der Waals surface area contributed by atoms with E-state index in [-0.39, 0.29) is 23.8 Å². The second-order valence-electron chi connectivity index (χ2n) is 9.03. The van der Waals surface area contributed by atoms with Crippen LogP contribution in [0, 0.1) is 11.3 Å². The maximum Gasteiger partial charge on any atom is 0.349 e. The number of rotatable bonds is 9. The molecule has 0 radical (unpaired) electrons. The molecule has 9 heteroatoms. The van der Waals surface area contributed by atoms with E-state index in [1.54, 1.807) is 55.6 Å². The number of hydrogen-bond acceptors (Lipinski definition) is 8. The summed E-state index contributed by atoms with van der Waals surface area (Å²) < 4.78 is 28.3. The lowest BCUT2D eigenvalue weighted by molar-refractivity contribution is -0.136. The second-order valence-corrected chi connectivity index (χ2v) is 9.47. The molecule has 206 valence electrons. The van der Waals surface area contributed by atoms with Gasteiger partial charge in [-0.2, -0.15) is 5.26 Å². The van der Waals surface area contributed by atoms with Crippen molar-refractivity contribution < 1.29 is 28.5 Å². The standard InChI is InChI=1S/C32H25ClN2O6/c1-37-29-14-21(10-13-27(29)39-18-20-6-3-2-4-7-20)31-25-12-11-24(16-28(25)41-32(35)26(31)17-34)40-30(36)19-38-23-9-5-8-22(33)15-23/h2-16,31H,18-19,35H2,1H3. The first-order valence-electron chi connectivity index (χ1n) is 12.6. The number of nitrogens with two attached hydrogens (primary N) is 1. The molecule has 1 aliphatic heterocycles. The number of nitrogens with zero attached hydrogens (tertiary/aromatic N) is 1. The van der Waals surface area contributed by atoms with Crippen LogP contribution in [0.2, 0.25) is 5.02 Å². The van der Waals surface area contributed by atoms with E-state index >= 15 is 0 Å². The summed E-state index contributed by atoms with van der Waals surface area (Å²) in [5.41, 5.74) is 8.85. The van der Waals surface area contributed by atoms with Crippen LogP contribution in [-0.2, 0) is 11.4 Å². The zero-order chi connectivity index (χ0) is 28.8. The predicted molar refractivity (Wildman–Crippen MR) is 152 cm³/mol. The van der Waals surface area contributed by atoms with Gasteiger partial charge in [-0.3, -0.25) is 0 Å². The summed E-state index contributed by atoms with van der Waals surface area (Å²) in [6, 6.07) is 29.0. The van der Waals surface area contributed by atoms with E-state index in [9.17, 15) is 10.1 Å². The molecule has 1 aliphatic rings. The molecule has 2 N–H and O–H groups in total. The lowest BCUT2D eigenvalue weighted by Crippen LogP contribution is -2.21. The van der Waals surface area contributed by atoms with Gasteiger partial charge < -0.3 is 29.4 Å². The monoisotopic (exact) mass is 568 g/mol. The molecule has 0 fully saturated rings. The minimum atomic E-state index is -0.616. The Kier molecular flexibility index (Phi) is 8.28. The van der Waals surface area contributed by atoms with Crippen molar-refractivity contribution in [1.82, 2.24) is 0 Å². The molecule has 8 nitrogen and oxygen atoms in total. The number of allylic oxidation sites excluding steroid dienone is 1. The van der Waals surface area contributed by atoms with Gasteiger partial charge in [0.1, 0.15) is 35.5 Å². The normalized spacial score (nSPS) is 13.8. The maximum absolute atomic E-state index is 12.4. The first kappa shape index (κ1) is 27.4. The molecule has 0 aromatic heterocycles. The highest BCUT2D eigenvalue weighted by molar-refractivity contribution is 6.30. The number of ether oxygens (including phenoxy) is 5. The molecule has 0 saturated heterocycles. The van der Waals surface area contributed by atoms with Crippen molar-refractivity contribution in [3.05, 3.63) is 124 Å². The van der Waals surface area contributed by atoms with Crippen LogP contribution in [0.4, 0.5) is 0 Å². The van der Waals surface area contributed by atoms with Crippen molar-refractivity contribution in [3.8, 4) is 34.8 Å². The van der Waals surface area contributed by atoms with Crippen LogP contribution in [0.15, 0.2) is 102 Å². The lowest BCUT2D eigenvalue weighted by atomic mass is 9.83. The summed E-state index contributed by atoms with van der Waals surface area (Å²) >= 11 is 5.95. The van der Waals surface area contributed by atoms with Crippen molar-refractivity contribution in [2.24, 2.45) is 5.73 Å². The molecule has 0 aliphatic carbocycles. The van der Waals surface area contributed by atoms with Crippen LogP contribution >= 0.6 is 11.6 Å². The van der Waals surface area contributed by atoms with E-state index in [0.717, 1.165) is 11.1 Å². The number of methoxy groups -OCH3 is 1. The van der Waals surface area contributed by atoms with E-state index in [1.165, 1.54) is 0 Å². The van der Waals surface area contributed by atoms with E-state index in [2.05, 4.69) is 6.07 Å². The summed E-state index contributed by atoms with van der Waals surface area (Å²) in [5.74, 6) is 0.901. The molecule has 5 rings (SSSR count). The maximum atomic E-state index is 12.4. The topological polar surface area (TPSA) is 113 Å². The van der Waals surface area contributed by atoms with Crippen molar-refractivity contribution >= 4 is 17.6 Å². The molecule has 0 amide bonds. The van der Waals surface area contributed by atoms with E-state index in [4.69, 9.17) is 41.0 Å². The van der Waals surface area contributed by atoms with Crippen molar-refractivity contribution in [3.63, 3.8) is 0 Å². The first-order valence-corrected chi connectivity index (χ1v) is 13.0. The number of hydrogen-bond donors (Lipinski definition) is 1. The van der Waals surface area contributed by atoms with Gasteiger partial charge in [-0.25, -0.2) is 4.79 Å². The number of carbonyl (C=O) groups is 1. The van der Waals surface area contributed by atoms with Gasteiger partial charge in [-0.05, 0) is 47.5 Å². The summed E-state index contributed by atoms with van der Waals surface area (Å²) in [5, 5.41) is 10.4. The minimum absolute atomic E-state index is 0.0406. The molecule has 0 bridgehead atoms. The van der Waals surface area contributed by atoms with Crippen molar-refractivity contribution in [2.45, 2.75) is 12.5 Å². The van der Waals surface area contributed by atoms with Gasteiger partial charge in [0.2, 0.25) is 5.88 Å². The van der Waals surface area contributed by atoms with Crippen molar-refractivity contribution in [2.75, 3.05) is 13.7 Å². The molecule has 4 aromatic carbocycles. The zero-order valence-electron chi connectivity index (χ0n) is 22.0. The van der Waals surface area contributed by atoms with E-state index in [1.807, 2.05) is 42.5 Å². The van der Waals surface area contributed by atoms with Crippen molar-refractivity contribution in [1.29, 1.82) is 5.26 Å². The number of halogens is 1. The summed E-state index contributed by atoms with van der Waals surface area (Å²) in [4.78, 5) is 12.4. The fourth-order valence-electron chi connectivity index (χ4n) is 4.42. The third kappa shape index (κ3) is 6.38. The number of benzene rings is 4. The Bertz CT molecular complexity index is 1650. The Morgan fingerprint density at radius 2 is 1.78 bits per heavy atom. The Labute approximate surface area is 242 Å². The fourth-order valence-corrected chi connectivity index (χ4v) is 4.60. The second kappa shape index (κ2) is 12.4. The van der Waals surface area contributed by atoms with Crippen LogP contribution in [0.3, 0.4) is 0 Å². The summed E-state index contributed by atoms with van der Waals surface area (Å²) in [6.45, 7) is 0.0542. The average molecular weight is 569 g/mol. The molecule has 1 atom stereocenters. The van der Waals surface area contributed by atoms with Crippen LogP contribution in [0.1, 0.15) is 22.6 Å². The first-order chi connectivity index (χ1) is 19.9. The molecule has 0 spiro atoms. The Hall–Kier alpha value is -5.13. The highest BCUT2D eigenvalue weighted by Gasteiger charge is 2.32. The lowest BCUT2D eigenvalue weighted by Gasteiger charge is -2.27. The van der Waals surface area contributed by atoms with Gasteiger partial charge in [0.05, 0.1) is 13.0 Å². The third-order valence-electron chi connectivity index (χ3n) is 6.33. The van der Waals surface area contributed by atoms with Gasteiger partial charge in [0.25, 0.3) is 0 Å². The van der Waals surface area contributed by atoms with Gasteiger partial charge in [0, 0.05) is 16.7 Å². The number of carbonyl (C=O) groups excluding carboxylic acids is 1. The smallest absolute Gasteiger partial charge is 0.349 e. The highest BCUT2D eigenvalue weighted by Crippen LogP contribution is 2.45. The SMILES string of the molecule is COc1cc(C2C(C#N)=C(N)Oc3cc(OC(=O)COc4cccc(Cl)c4)ccc32)ccc1OCc1ccccc1. The molecular weight excluding hydrogens is 544 g/mol. The highest BCUT2D eigenvalue weighted by atomic mass is 35.5. The van der Waals surface area contributed by atoms with E-state index < -0.39 is 11.9 Å². The van der Waals surface area contributed by atoms with Crippen LogP contribution < -0.4 is 29.4 Å². The Morgan fingerprint density at radius 3 is 2.54 bits per heavy atom. The molecule has 41 heavy (non-hydrogen) atoms. The number of fused-ring (bicyclic) bond motifs is 1. The minimum Gasteiger partial charge on any atom is -0.493 e. The van der Waals surface area contributed by atoms with Crippen LogP contribution in [0.5, 0.6) is 28.7 Å². The van der Waals surface area contributed by atoms with Gasteiger partial charge >= 0.3 is 5.97 Å². The van der Waals surface area contributed by atoms with Crippen LogP contribution in [0.25, 0.3) is 0 Å². The molecule has 1 heterocycles. The summed E-state index contributed by atoms with van der Waals surface area (Å²) in [7, 11) is 1.55. The average Bonchev–Trinajstić information content (AvgIpc) is 2.98. The predicted octanol–water partition coefficient (Wildman–Crippen LogP) is 6.13. The number of nitriles is 1. The van der Waals surface area contributed by atoms with Crippen LogP contribution in [-0.4, -0.2) is 19.7 Å². The van der Waals surface area contributed by atoms with Gasteiger partial charge in [-0.1, -0.05) is 60.1 Å². The Balaban J connectivity index is 1.36. The molecule has 1 unspecified atom stereocenters. The Morgan fingerprint density at radius 1 is 0.951 bits per heavy atom. The summed E-state index contributed by atoms with van der Waals surface area (Å²) in [6.07, 6.45) is 0. The molecular formula is C32H25ClN2O6. The number of esters is 1. The van der Waals surface area contributed by atoms with E-state index in [0.29, 0.717) is 40.2 Å². The third-order valence-corrected chi connectivity index (χ3v) is 6.57. The largest absolute Gasteiger partial charge is 0.493 e. The van der Waals surface area contributed by atoms with Gasteiger partial charge in [-0.15, -0.1) is 0 Å². The quantitative estimate of drug-likeness (QED) is 0.189. The molecule has 4 aromatic rings. The van der Waals surface area contributed by atoms with Gasteiger partial charge in [0.15, 0.2) is 18.1 Å². The molecule has 0 saturated carbocycles. The zero-order valence-corrected chi connectivity index (χ0v) is 22.8.